The van der Waals surface area contributed by atoms with Crippen LogP contribution >= 0.6 is 23.4 Å². The number of amides is 6. The number of hydrogen-bond acceptors (Lipinski definition) is 11. The number of halogens is 1. The summed E-state index contributed by atoms with van der Waals surface area (Å²) in [4.78, 5) is 110. The first-order valence-corrected chi connectivity index (χ1v) is 18.7. The van der Waals surface area contributed by atoms with Crippen molar-refractivity contribution in [2.24, 2.45) is 5.92 Å². The molecule has 0 fully saturated rings. The number of carbonyl (C=O) groups excluding carboxylic acids is 9. The van der Waals surface area contributed by atoms with Crippen LogP contribution in [0, 0.1) is 5.92 Å². The summed E-state index contributed by atoms with van der Waals surface area (Å²) < 4.78 is 5.02. The standard InChI is InChI=1S/C33H55ClN6O10S/c1-20(2)15-28(44)27(39-23(6)42)18-51-19-30(46)35-13-8-10-25(32(48)36-14-7-9-24(43)16-34)40-29(45)17-50-31(47)12-11-26(38-22(5)41)33(49)37-21(3)4/h20-21,25-27H,7-19H2,1-6H3,(H,35,46)(H,36,48)(H,37,49)(H,38,41)(H,39,42)(H,40,45)/t25-,26-,27-/m0/s1. The maximum absolute atomic E-state index is 12.9. The lowest BCUT2D eigenvalue weighted by Crippen LogP contribution is -2.48. The van der Waals surface area contributed by atoms with Crippen molar-refractivity contribution in [1.82, 2.24) is 31.9 Å². The van der Waals surface area contributed by atoms with Crippen molar-refractivity contribution >= 4 is 76.3 Å². The van der Waals surface area contributed by atoms with Crippen molar-refractivity contribution in [2.45, 2.75) is 111 Å². The molecule has 0 bridgehead atoms. The molecule has 18 heteroatoms. The highest BCUT2D eigenvalue weighted by atomic mass is 35.5. The second-order valence-electron chi connectivity index (χ2n) is 12.6. The fourth-order valence-corrected chi connectivity index (χ4v) is 5.48. The van der Waals surface area contributed by atoms with Crippen LogP contribution in [-0.2, 0) is 47.9 Å². The number of ketones is 2. The molecular formula is C33H55ClN6O10S. The van der Waals surface area contributed by atoms with Crippen molar-refractivity contribution < 1.29 is 47.9 Å². The van der Waals surface area contributed by atoms with Gasteiger partial charge in [0, 0.05) is 58.0 Å². The second-order valence-corrected chi connectivity index (χ2v) is 13.9. The minimum absolute atomic E-state index is 0.0338. The van der Waals surface area contributed by atoms with Crippen molar-refractivity contribution in [3.8, 4) is 0 Å². The average molecular weight is 763 g/mol. The van der Waals surface area contributed by atoms with Gasteiger partial charge in [0.1, 0.15) is 17.9 Å². The Morgan fingerprint density at radius 3 is 1.88 bits per heavy atom. The van der Waals surface area contributed by atoms with E-state index >= 15 is 0 Å². The van der Waals surface area contributed by atoms with Gasteiger partial charge in [-0.1, -0.05) is 13.8 Å². The number of hydrogen-bond donors (Lipinski definition) is 6. The molecular weight excluding hydrogens is 708 g/mol. The van der Waals surface area contributed by atoms with Crippen LogP contribution in [0.5, 0.6) is 0 Å². The van der Waals surface area contributed by atoms with Gasteiger partial charge in [0.25, 0.3) is 5.91 Å². The van der Waals surface area contributed by atoms with Gasteiger partial charge in [0.05, 0.1) is 17.7 Å². The van der Waals surface area contributed by atoms with E-state index in [2.05, 4.69) is 31.9 Å². The van der Waals surface area contributed by atoms with Gasteiger partial charge in [-0.3, -0.25) is 43.2 Å². The van der Waals surface area contributed by atoms with Crippen LogP contribution in [0.1, 0.15) is 86.5 Å². The highest BCUT2D eigenvalue weighted by Gasteiger charge is 2.24. The molecule has 0 aliphatic carbocycles. The molecule has 290 valence electrons. The van der Waals surface area contributed by atoms with Crippen LogP contribution < -0.4 is 31.9 Å². The second kappa shape index (κ2) is 27.0. The third-order valence-corrected chi connectivity index (χ3v) is 8.08. The first kappa shape index (κ1) is 47.3. The van der Waals surface area contributed by atoms with Gasteiger partial charge >= 0.3 is 5.97 Å². The van der Waals surface area contributed by atoms with Crippen LogP contribution in [-0.4, -0.2) is 114 Å². The molecule has 0 aromatic heterocycles. The summed E-state index contributed by atoms with van der Waals surface area (Å²) in [6.07, 6.45) is 0.863. The molecule has 0 heterocycles. The minimum atomic E-state index is -1.06. The highest BCUT2D eigenvalue weighted by Crippen LogP contribution is 2.10. The molecule has 6 N–H and O–H groups in total. The Hall–Kier alpha value is -3.73. The van der Waals surface area contributed by atoms with Crippen LogP contribution in [0.25, 0.3) is 0 Å². The summed E-state index contributed by atoms with van der Waals surface area (Å²) in [6.45, 7) is 9.46. The van der Waals surface area contributed by atoms with E-state index in [1.54, 1.807) is 13.8 Å². The summed E-state index contributed by atoms with van der Waals surface area (Å²) in [7, 11) is 0. The summed E-state index contributed by atoms with van der Waals surface area (Å²) in [5.41, 5.74) is 0. The van der Waals surface area contributed by atoms with Gasteiger partial charge in [-0.05, 0) is 45.4 Å². The first-order valence-electron chi connectivity index (χ1n) is 17.0. The highest BCUT2D eigenvalue weighted by molar-refractivity contribution is 8.00. The van der Waals surface area contributed by atoms with E-state index in [0.717, 1.165) is 0 Å². The molecule has 0 aliphatic heterocycles. The smallest absolute Gasteiger partial charge is 0.306 e. The maximum atomic E-state index is 12.9. The number of carbonyl (C=O) groups is 9. The van der Waals surface area contributed by atoms with E-state index in [1.807, 2.05) is 13.8 Å². The Bertz CT molecular complexity index is 1200. The molecule has 0 radical (unpaired) electrons. The van der Waals surface area contributed by atoms with Gasteiger partial charge in [0.2, 0.25) is 29.5 Å². The quantitative estimate of drug-likeness (QED) is 0.0378. The lowest BCUT2D eigenvalue weighted by molar-refractivity contribution is -0.149. The number of alkyl halides is 1. The average Bonchev–Trinajstić information content (AvgIpc) is 3.03. The summed E-state index contributed by atoms with van der Waals surface area (Å²) in [5, 5.41) is 15.6. The van der Waals surface area contributed by atoms with Crippen LogP contribution in [0.15, 0.2) is 0 Å². The first-order chi connectivity index (χ1) is 23.9. The van der Waals surface area contributed by atoms with E-state index in [1.165, 1.54) is 25.6 Å². The van der Waals surface area contributed by atoms with Crippen molar-refractivity contribution in [2.75, 3.05) is 37.1 Å². The molecule has 51 heavy (non-hydrogen) atoms. The fraction of sp³-hybridized carbons (Fsp3) is 0.727. The van der Waals surface area contributed by atoms with Gasteiger partial charge in [0.15, 0.2) is 12.4 Å². The number of nitrogens with one attached hydrogen (secondary N) is 6. The maximum Gasteiger partial charge on any atom is 0.306 e. The zero-order valence-electron chi connectivity index (χ0n) is 30.4. The number of ether oxygens (including phenoxy) is 1. The Balaban J connectivity index is 5.05. The molecule has 0 unspecified atom stereocenters. The third-order valence-electron chi connectivity index (χ3n) is 6.74. The van der Waals surface area contributed by atoms with Crippen LogP contribution in [0.2, 0.25) is 0 Å². The van der Waals surface area contributed by atoms with Gasteiger partial charge in [-0.25, -0.2) is 0 Å². The molecule has 0 spiro atoms. The number of rotatable bonds is 27. The minimum Gasteiger partial charge on any atom is -0.456 e. The third kappa shape index (κ3) is 25.0. The number of Topliss-reactive ketones (excluding diaryl/α,β-unsaturated/α-hetero) is 2. The normalized spacial score (nSPS) is 12.6. The molecule has 16 nitrogen and oxygen atoms in total. The largest absolute Gasteiger partial charge is 0.456 e. The SMILES string of the molecule is CC(=O)N[C@@H](CSCC(=O)NCCC[C@H](NC(=O)COC(=O)CC[C@H](NC(C)=O)C(=O)NC(C)C)C(=O)NCCCC(=O)CCl)C(=O)CC(C)C. The van der Waals surface area contributed by atoms with Crippen LogP contribution in [0.4, 0.5) is 0 Å². The Kier molecular flexibility index (Phi) is 25.0. The number of thioether (sulfide) groups is 1. The summed E-state index contributed by atoms with van der Waals surface area (Å²) >= 11 is 6.70. The van der Waals surface area contributed by atoms with Crippen molar-refractivity contribution in [3.63, 3.8) is 0 Å². The van der Waals surface area contributed by atoms with Crippen LogP contribution in [0.3, 0.4) is 0 Å². The topological polar surface area (TPSA) is 235 Å². The van der Waals surface area contributed by atoms with Gasteiger partial charge in [-0.2, -0.15) is 0 Å². The summed E-state index contributed by atoms with van der Waals surface area (Å²) in [6, 6.07) is -2.92. The molecule has 3 atom stereocenters. The Morgan fingerprint density at radius 2 is 1.29 bits per heavy atom. The van der Waals surface area contributed by atoms with E-state index in [4.69, 9.17) is 16.3 Å². The molecule has 0 saturated heterocycles. The zero-order chi connectivity index (χ0) is 38.9. The van der Waals surface area contributed by atoms with Crippen molar-refractivity contribution in [3.05, 3.63) is 0 Å². The summed E-state index contributed by atoms with van der Waals surface area (Å²) in [5.74, 6) is -3.72. The number of esters is 1. The lowest BCUT2D eigenvalue weighted by atomic mass is 10.0. The zero-order valence-corrected chi connectivity index (χ0v) is 32.0. The van der Waals surface area contributed by atoms with Gasteiger partial charge in [-0.15, -0.1) is 23.4 Å². The molecule has 0 saturated carbocycles. The molecule has 0 rings (SSSR count). The van der Waals surface area contributed by atoms with E-state index < -0.39 is 54.3 Å². The molecule has 0 aromatic carbocycles. The Labute approximate surface area is 309 Å². The monoisotopic (exact) mass is 762 g/mol. The Morgan fingerprint density at radius 1 is 0.686 bits per heavy atom. The molecule has 0 aromatic rings. The molecule has 0 aliphatic rings. The van der Waals surface area contributed by atoms with E-state index in [-0.39, 0.29) is 97.9 Å². The van der Waals surface area contributed by atoms with Gasteiger partial charge < -0.3 is 36.6 Å². The van der Waals surface area contributed by atoms with E-state index in [0.29, 0.717) is 12.8 Å². The predicted octanol–water partition coefficient (Wildman–Crippen LogP) is 0.278. The fourth-order valence-electron chi connectivity index (χ4n) is 4.43. The molecule has 6 amide bonds. The lowest BCUT2D eigenvalue weighted by Gasteiger charge is -2.20. The predicted molar refractivity (Wildman–Crippen MR) is 193 cm³/mol. The van der Waals surface area contributed by atoms with E-state index in [9.17, 15) is 43.2 Å². The van der Waals surface area contributed by atoms with Crippen molar-refractivity contribution in [1.29, 1.82) is 0 Å².